The molecule has 0 radical (unpaired) electrons. The van der Waals surface area contributed by atoms with Crippen molar-refractivity contribution in [1.29, 1.82) is 0 Å². The largest absolute Gasteiger partial charge is 0.475 e. The number of anilines is 2. The van der Waals surface area contributed by atoms with E-state index in [4.69, 9.17) is 9.47 Å². The molecule has 144 valence electrons. The molecule has 0 spiro atoms. The molecule has 3 aromatic heterocycles. The van der Waals surface area contributed by atoms with E-state index in [2.05, 4.69) is 25.6 Å². The van der Waals surface area contributed by atoms with E-state index in [-0.39, 0.29) is 6.10 Å². The molecule has 3 aromatic rings. The third-order valence-electron chi connectivity index (χ3n) is 4.08. The average molecular weight is 397 g/mol. The fourth-order valence-corrected chi connectivity index (χ4v) is 3.50. The predicted molar refractivity (Wildman–Crippen MR) is 107 cm³/mol. The van der Waals surface area contributed by atoms with Gasteiger partial charge in [-0.2, -0.15) is 4.98 Å². The number of aromatic nitrogens is 3. The second kappa shape index (κ2) is 8.77. The van der Waals surface area contributed by atoms with Gasteiger partial charge in [-0.1, -0.05) is 6.07 Å². The highest BCUT2D eigenvalue weighted by Gasteiger charge is 2.16. The van der Waals surface area contributed by atoms with Crippen LogP contribution < -0.4 is 15.4 Å². The van der Waals surface area contributed by atoms with E-state index in [1.807, 2.05) is 12.1 Å². The van der Waals surface area contributed by atoms with Gasteiger partial charge >= 0.3 is 6.03 Å². The summed E-state index contributed by atoms with van der Waals surface area (Å²) in [5, 5.41) is 7.99. The van der Waals surface area contributed by atoms with E-state index in [9.17, 15) is 4.79 Å². The van der Waals surface area contributed by atoms with Gasteiger partial charge in [-0.05, 0) is 31.0 Å². The average Bonchev–Trinajstić information content (AvgIpc) is 3.39. The van der Waals surface area contributed by atoms with Gasteiger partial charge in [0.1, 0.15) is 23.3 Å². The van der Waals surface area contributed by atoms with Gasteiger partial charge in [0.05, 0.1) is 6.10 Å². The summed E-state index contributed by atoms with van der Waals surface area (Å²) in [5.74, 6) is 1.31. The smallest absolute Gasteiger partial charge is 0.326 e. The minimum Gasteiger partial charge on any atom is -0.475 e. The quantitative estimate of drug-likeness (QED) is 0.656. The van der Waals surface area contributed by atoms with Crippen LogP contribution in [0.1, 0.15) is 12.8 Å². The molecule has 2 amide bonds. The number of hydrogen-bond acceptors (Lipinski definition) is 7. The molecular formula is C19H19N5O3S. The Morgan fingerprint density at radius 2 is 2.04 bits per heavy atom. The number of pyridine rings is 2. The van der Waals surface area contributed by atoms with Crippen LogP contribution in [0.2, 0.25) is 0 Å². The number of amides is 2. The van der Waals surface area contributed by atoms with Crippen molar-refractivity contribution in [3.63, 3.8) is 0 Å². The lowest BCUT2D eigenvalue weighted by atomic mass is 10.2. The van der Waals surface area contributed by atoms with Crippen LogP contribution in [0.15, 0.2) is 48.1 Å². The summed E-state index contributed by atoms with van der Waals surface area (Å²) in [7, 11) is 0. The number of thiazole rings is 1. The van der Waals surface area contributed by atoms with E-state index >= 15 is 0 Å². The molecule has 4 heterocycles. The van der Waals surface area contributed by atoms with Gasteiger partial charge < -0.3 is 9.47 Å². The Labute approximate surface area is 166 Å². The first-order chi connectivity index (χ1) is 13.8. The normalized spacial score (nSPS) is 15.9. The minimum absolute atomic E-state index is 0.112. The second-order valence-electron chi connectivity index (χ2n) is 6.16. The molecular weight excluding hydrogens is 378 g/mol. The highest BCUT2D eigenvalue weighted by molar-refractivity contribution is 7.13. The summed E-state index contributed by atoms with van der Waals surface area (Å²) in [6.07, 6.45) is 5.57. The Bertz CT molecular complexity index is 928. The van der Waals surface area contributed by atoms with Crippen molar-refractivity contribution in [2.24, 2.45) is 0 Å². The first-order valence-corrected chi connectivity index (χ1v) is 9.79. The van der Waals surface area contributed by atoms with Gasteiger partial charge in [0, 0.05) is 36.0 Å². The summed E-state index contributed by atoms with van der Waals surface area (Å²) in [6, 6.07) is 8.54. The van der Waals surface area contributed by atoms with E-state index in [0.717, 1.165) is 30.0 Å². The van der Waals surface area contributed by atoms with Crippen molar-refractivity contribution in [3.8, 4) is 16.5 Å². The van der Waals surface area contributed by atoms with Crippen LogP contribution in [0.25, 0.3) is 10.6 Å². The Morgan fingerprint density at radius 1 is 1.18 bits per heavy atom. The van der Waals surface area contributed by atoms with Gasteiger partial charge in [0.25, 0.3) is 0 Å². The number of rotatable bonds is 6. The van der Waals surface area contributed by atoms with Gasteiger partial charge in [0.2, 0.25) is 5.88 Å². The lowest BCUT2D eigenvalue weighted by molar-refractivity contribution is 0.0664. The molecule has 9 heteroatoms. The zero-order chi connectivity index (χ0) is 19.2. The molecule has 4 rings (SSSR count). The number of carbonyl (C=O) groups excluding carboxylic acids is 1. The van der Waals surface area contributed by atoms with Crippen molar-refractivity contribution >= 4 is 29.0 Å². The first-order valence-electron chi connectivity index (χ1n) is 8.92. The summed E-state index contributed by atoms with van der Waals surface area (Å²) >= 11 is 1.44. The number of nitrogens with zero attached hydrogens (tertiary/aromatic N) is 3. The molecule has 1 aliphatic heterocycles. The molecule has 1 atom stereocenters. The van der Waals surface area contributed by atoms with Crippen LogP contribution in [-0.2, 0) is 4.74 Å². The van der Waals surface area contributed by atoms with Crippen LogP contribution in [0.4, 0.5) is 16.4 Å². The van der Waals surface area contributed by atoms with Gasteiger partial charge in [0.15, 0.2) is 0 Å². The van der Waals surface area contributed by atoms with E-state index in [1.165, 1.54) is 11.3 Å². The molecule has 28 heavy (non-hydrogen) atoms. The SMILES string of the molecule is O=C(Nc1cccc(OCC2CCCO2)n1)Nc1csc(-c2ccncc2)n1. The molecule has 8 nitrogen and oxygen atoms in total. The number of ether oxygens (including phenoxy) is 2. The Kier molecular flexibility index (Phi) is 5.74. The number of urea groups is 1. The van der Waals surface area contributed by atoms with Crippen LogP contribution in [0, 0.1) is 0 Å². The first kappa shape index (κ1) is 18.3. The lowest BCUT2D eigenvalue weighted by Gasteiger charge is -2.11. The number of nitrogens with one attached hydrogen (secondary N) is 2. The van der Waals surface area contributed by atoms with E-state index in [0.29, 0.717) is 24.1 Å². The number of hydrogen-bond donors (Lipinski definition) is 2. The Morgan fingerprint density at radius 3 is 2.86 bits per heavy atom. The zero-order valence-electron chi connectivity index (χ0n) is 15.0. The van der Waals surface area contributed by atoms with Crippen molar-refractivity contribution in [1.82, 2.24) is 15.0 Å². The maximum atomic E-state index is 12.2. The standard InChI is InChI=1S/C19H19N5O3S/c25-19(24-16-12-28-18(22-16)13-6-8-20-9-7-13)23-15-4-1-5-17(21-15)27-11-14-3-2-10-26-14/h1,4-9,12,14H,2-3,10-11H2,(H2,21,23,24,25). The van der Waals surface area contributed by atoms with Crippen LogP contribution >= 0.6 is 11.3 Å². The molecule has 0 aromatic carbocycles. The molecule has 1 unspecified atom stereocenters. The van der Waals surface area contributed by atoms with Crippen LogP contribution in [0.3, 0.4) is 0 Å². The van der Waals surface area contributed by atoms with Gasteiger partial charge in [-0.15, -0.1) is 11.3 Å². The Balaban J connectivity index is 1.32. The van der Waals surface area contributed by atoms with Crippen molar-refractivity contribution in [2.45, 2.75) is 18.9 Å². The summed E-state index contributed by atoms with van der Waals surface area (Å²) in [4.78, 5) is 24.9. The number of carbonyl (C=O) groups is 1. The van der Waals surface area contributed by atoms with Crippen molar-refractivity contribution < 1.29 is 14.3 Å². The minimum atomic E-state index is -0.421. The summed E-state index contributed by atoms with van der Waals surface area (Å²) < 4.78 is 11.2. The van der Waals surface area contributed by atoms with Crippen LogP contribution in [-0.4, -0.2) is 40.3 Å². The van der Waals surface area contributed by atoms with Crippen LogP contribution in [0.5, 0.6) is 5.88 Å². The molecule has 1 aliphatic rings. The molecule has 2 N–H and O–H groups in total. The summed E-state index contributed by atoms with van der Waals surface area (Å²) in [5.41, 5.74) is 0.950. The molecule has 0 aliphatic carbocycles. The fraction of sp³-hybridized carbons (Fsp3) is 0.263. The second-order valence-corrected chi connectivity index (χ2v) is 7.02. The Hall–Kier alpha value is -3.04. The van der Waals surface area contributed by atoms with Crippen molar-refractivity contribution in [3.05, 3.63) is 48.1 Å². The predicted octanol–water partition coefficient (Wildman–Crippen LogP) is 3.80. The molecule has 1 fully saturated rings. The molecule has 1 saturated heterocycles. The third-order valence-corrected chi connectivity index (χ3v) is 4.97. The fourth-order valence-electron chi connectivity index (χ4n) is 2.74. The third kappa shape index (κ3) is 4.81. The maximum Gasteiger partial charge on any atom is 0.326 e. The maximum absolute atomic E-state index is 12.2. The van der Waals surface area contributed by atoms with Crippen molar-refractivity contribution in [2.75, 3.05) is 23.8 Å². The molecule has 0 bridgehead atoms. The van der Waals surface area contributed by atoms with E-state index < -0.39 is 6.03 Å². The lowest BCUT2D eigenvalue weighted by Crippen LogP contribution is -2.21. The monoisotopic (exact) mass is 397 g/mol. The van der Waals surface area contributed by atoms with E-state index in [1.54, 1.807) is 36.0 Å². The molecule has 0 saturated carbocycles. The topological polar surface area (TPSA) is 98.3 Å². The zero-order valence-corrected chi connectivity index (χ0v) is 15.8. The van der Waals surface area contributed by atoms with Gasteiger partial charge in [-0.25, -0.2) is 9.78 Å². The highest BCUT2D eigenvalue weighted by Crippen LogP contribution is 2.25. The highest BCUT2D eigenvalue weighted by atomic mass is 32.1. The van der Waals surface area contributed by atoms with Gasteiger partial charge in [-0.3, -0.25) is 15.6 Å². The summed E-state index contributed by atoms with van der Waals surface area (Å²) in [6.45, 7) is 1.24.